The van der Waals surface area contributed by atoms with Crippen LogP contribution in [0.5, 0.6) is 0 Å². The van der Waals surface area contributed by atoms with Gasteiger partial charge in [-0.15, -0.1) is 0 Å². The Morgan fingerprint density at radius 2 is 2.07 bits per heavy atom. The van der Waals surface area contributed by atoms with Gasteiger partial charge >= 0.3 is 0 Å². The predicted octanol–water partition coefficient (Wildman–Crippen LogP) is 2.48. The second kappa shape index (κ2) is 4.45. The van der Waals surface area contributed by atoms with Crippen molar-refractivity contribution >= 4 is 39.1 Å². The zero-order valence-electron chi connectivity index (χ0n) is 7.00. The van der Waals surface area contributed by atoms with Crippen molar-refractivity contribution in [3.63, 3.8) is 0 Å². The van der Waals surface area contributed by atoms with Crippen molar-refractivity contribution in [2.75, 3.05) is 5.32 Å². The van der Waals surface area contributed by atoms with Crippen LogP contribution in [0, 0.1) is 11.3 Å². The van der Waals surface area contributed by atoms with E-state index in [-0.39, 0.29) is 0 Å². The summed E-state index contributed by atoms with van der Waals surface area (Å²) in [5.74, 6) is -0.604. The van der Waals surface area contributed by atoms with Gasteiger partial charge in [-0.1, -0.05) is 29.8 Å². The Balaban J connectivity index is 2.73. The molecule has 0 aliphatic rings. The highest BCUT2D eigenvalue weighted by atomic mass is 79.9. The van der Waals surface area contributed by atoms with Crippen LogP contribution in [0.3, 0.4) is 0 Å². The number of para-hydroxylation sites is 1. The first-order valence-corrected chi connectivity index (χ1v) is 4.89. The van der Waals surface area contributed by atoms with E-state index in [4.69, 9.17) is 16.9 Å². The van der Waals surface area contributed by atoms with Gasteiger partial charge in [-0.25, -0.2) is 0 Å². The minimum absolute atomic E-state index is 0.595. The molecule has 3 nitrogen and oxygen atoms in total. The third-order valence-corrected chi connectivity index (χ3v) is 2.25. The fourth-order valence-electron chi connectivity index (χ4n) is 0.782. The van der Waals surface area contributed by atoms with Crippen LogP contribution in [0.25, 0.3) is 0 Å². The van der Waals surface area contributed by atoms with E-state index in [1.54, 1.807) is 30.3 Å². The van der Waals surface area contributed by atoms with Crippen molar-refractivity contribution in [2.24, 2.45) is 0 Å². The van der Waals surface area contributed by atoms with E-state index in [0.717, 1.165) is 0 Å². The summed E-state index contributed by atoms with van der Waals surface area (Å²) >= 11 is 8.36. The zero-order valence-corrected chi connectivity index (χ0v) is 9.34. The summed E-state index contributed by atoms with van der Waals surface area (Å²) in [7, 11) is 0. The van der Waals surface area contributed by atoms with Crippen molar-refractivity contribution < 1.29 is 4.79 Å². The Kier molecular flexibility index (Phi) is 3.50. The maximum atomic E-state index is 11.4. The molecule has 1 atom stereocenters. The molecular weight excluding hydrogens is 267 g/mol. The van der Waals surface area contributed by atoms with Crippen LogP contribution in [-0.4, -0.2) is 9.69 Å². The standard InChI is InChI=1S/C9H6BrClN2O/c10-9(11,6-12)8(14)13-7-4-2-1-3-5-7/h1-5H,(H,13,14). The van der Waals surface area contributed by atoms with Gasteiger partial charge in [0.15, 0.2) is 0 Å². The first kappa shape index (κ1) is 11.0. The zero-order chi connectivity index (χ0) is 10.6. The monoisotopic (exact) mass is 272 g/mol. The first-order valence-electron chi connectivity index (χ1n) is 3.72. The van der Waals surface area contributed by atoms with E-state index in [9.17, 15) is 4.79 Å². The summed E-state index contributed by atoms with van der Waals surface area (Å²) in [6, 6.07) is 10.4. The highest BCUT2D eigenvalue weighted by Gasteiger charge is 2.32. The summed E-state index contributed by atoms with van der Waals surface area (Å²) in [5, 5.41) is 11.0. The number of amides is 1. The lowest BCUT2D eigenvalue weighted by Gasteiger charge is -2.10. The molecule has 0 fully saturated rings. The number of carbonyl (C=O) groups excluding carboxylic acids is 1. The van der Waals surface area contributed by atoms with Crippen LogP contribution in [0.4, 0.5) is 5.69 Å². The molecule has 14 heavy (non-hydrogen) atoms. The Labute approximate surface area is 94.8 Å². The molecule has 1 unspecified atom stereocenters. The molecule has 0 spiro atoms. The molecule has 1 aromatic carbocycles. The molecule has 0 bridgehead atoms. The van der Waals surface area contributed by atoms with Crippen LogP contribution in [0.2, 0.25) is 0 Å². The second-order valence-electron chi connectivity index (χ2n) is 2.51. The smallest absolute Gasteiger partial charge is 0.271 e. The molecule has 0 aliphatic carbocycles. The Morgan fingerprint density at radius 1 is 1.50 bits per heavy atom. The maximum absolute atomic E-state index is 11.4. The van der Waals surface area contributed by atoms with Crippen LogP contribution < -0.4 is 5.32 Å². The topological polar surface area (TPSA) is 52.9 Å². The highest BCUT2D eigenvalue weighted by Crippen LogP contribution is 2.24. The molecule has 0 aromatic heterocycles. The van der Waals surface area contributed by atoms with E-state index in [1.165, 1.54) is 0 Å². The summed E-state index contributed by atoms with van der Waals surface area (Å²) in [5.41, 5.74) is 0.595. The van der Waals surface area contributed by atoms with Gasteiger partial charge in [0.05, 0.1) is 0 Å². The molecule has 0 radical (unpaired) electrons. The third-order valence-electron chi connectivity index (χ3n) is 1.46. The van der Waals surface area contributed by atoms with E-state index in [1.807, 2.05) is 6.07 Å². The highest BCUT2D eigenvalue weighted by molar-refractivity contribution is 9.11. The number of rotatable bonds is 2. The lowest BCUT2D eigenvalue weighted by atomic mass is 10.3. The van der Waals surface area contributed by atoms with Crippen molar-refractivity contribution in [1.29, 1.82) is 5.26 Å². The summed E-state index contributed by atoms with van der Waals surface area (Å²) in [4.78, 5) is 11.4. The van der Waals surface area contributed by atoms with Crippen LogP contribution >= 0.6 is 27.5 Å². The Bertz CT molecular complexity index is 372. The number of nitrogens with one attached hydrogen (secondary N) is 1. The largest absolute Gasteiger partial charge is 0.323 e. The molecule has 5 heteroatoms. The first-order chi connectivity index (χ1) is 6.56. The molecular formula is C9H6BrClN2O. The van der Waals surface area contributed by atoms with Gasteiger partial charge in [0.1, 0.15) is 6.07 Å². The number of alkyl halides is 2. The minimum Gasteiger partial charge on any atom is -0.323 e. The minimum atomic E-state index is -1.71. The average Bonchev–Trinajstić information content (AvgIpc) is 2.19. The number of anilines is 1. The van der Waals surface area contributed by atoms with Crippen molar-refractivity contribution in [3.8, 4) is 6.07 Å². The van der Waals surface area contributed by atoms with Crippen LogP contribution in [-0.2, 0) is 4.79 Å². The van der Waals surface area contributed by atoms with E-state index >= 15 is 0 Å². The molecule has 1 aromatic rings. The Morgan fingerprint density at radius 3 is 2.57 bits per heavy atom. The van der Waals surface area contributed by atoms with Crippen LogP contribution in [0.15, 0.2) is 30.3 Å². The number of nitriles is 1. The van der Waals surface area contributed by atoms with E-state index < -0.39 is 9.69 Å². The number of carbonyl (C=O) groups is 1. The number of hydrogen-bond donors (Lipinski definition) is 1. The average molecular weight is 274 g/mol. The van der Waals surface area contributed by atoms with E-state index in [0.29, 0.717) is 5.69 Å². The van der Waals surface area contributed by atoms with E-state index in [2.05, 4.69) is 21.2 Å². The normalized spacial score (nSPS) is 13.8. The van der Waals surface area contributed by atoms with Crippen molar-refractivity contribution in [2.45, 2.75) is 3.78 Å². The van der Waals surface area contributed by atoms with Gasteiger partial charge in [-0.05, 0) is 28.1 Å². The molecule has 0 saturated heterocycles. The maximum Gasteiger partial charge on any atom is 0.271 e. The Hall–Kier alpha value is -1.05. The van der Waals surface area contributed by atoms with Gasteiger partial charge in [0.25, 0.3) is 9.69 Å². The van der Waals surface area contributed by atoms with Gasteiger partial charge in [-0.2, -0.15) is 5.26 Å². The summed E-state index contributed by atoms with van der Waals surface area (Å²) < 4.78 is -1.71. The number of hydrogen-bond acceptors (Lipinski definition) is 2. The number of nitrogens with zero attached hydrogens (tertiary/aromatic N) is 1. The lowest BCUT2D eigenvalue weighted by molar-refractivity contribution is -0.115. The fourth-order valence-corrected chi connectivity index (χ4v) is 0.928. The molecule has 1 amide bonds. The predicted molar refractivity (Wildman–Crippen MR) is 58.2 cm³/mol. The van der Waals surface area contributed by atoms with Gasteiger partial charge < -0.3 is 5.32 Å². The van der Waals surface area contributed by atoms with Gasteiger partial charge in [0.2, 0.25) is 0 Å². The SMILES string of the molecule is N#CC(Cl)(Br)C(=O)Nc1ccccc1. The lowest BCUT2D eigenvalue weighted by Crippen LogP contribution is -2.30. The molecule has 0 saturated carbocycles. The second-order valence-corrected chi connectivity index (χ2v) is 4.72. The third kappa shape index (κ3) is 2.72. The van der Waals surface area contributed by atoms with Crippen molar-refractivity contribution in [3.05, 3.63) is 30.3 Å². The number of halogens is 2. The fraction of sp³-hybridized carbons (Fsp3) is 0.111. The molecule has 0 aliphatic heterocycles. The molecule has 1 N–H and O–H groups in total. The van der Waals surface area contributed by atoms with Crippen LogP contribution in [0.1, 0.15) is 0 Å². The molecule has 72 valence electrons. The summed E-state index contributed by atoms with van der Waals surface area (Å²) in [6.07, 6.45) is 0. The van der Waals surface area contributed by atoms with Crippen molar-refractivity contribution in [1.82, 2.24) is 0 Å². The van der Waals surface area contributed by atoms with Gasteiger partial charge in [-0.3, -0.25) is 4.79 Å². The summed E-state index contributed by atoms with van der Waals surface area (Å²) in [6.45, 7) is 0. The molecule has 1 rings (SSSR count). The number of benzene rings is 1. The molecule has 0 heterocycles. The van der Waals surface area contributed by atoms with Gasteiger partial charge in [0, 0.05) is 5.69 Å². The quantitative estimate of drug-likeness (QED) is 0.842.